The van der Waals surface area contributed by atoms with Gasteiger partial charge in [-0.3, -0.25) is 4.79 Å². The Hall–Kier alpha value is -1.17. The molecule has 0 aliphatic heterocycles. The third kappa shape index (κ3) is 3.16. The minimum atomic E-state index is -0.900. The molecule has 0 saturated heterocycles. The lowest BCUT2D eigenvalue weighted by molar-refractivity contribution is -0.137. The number of anilines is 1. The zero-order valence-electron chi connectivity index (χ0n) is 9.24. The van der Waals surface area contributed by atoms with Crippen molar-refractivity contribution >= 4 is 22.4 Å². The lowest BCUT2D eigenvalue weighted by Crippen LogP contribution is -2.25. The minimum absolute atomic E-state index is 0.0515. The summed E-state index contributed by atoms with van der Waals surface area (Å²) in [5, 5.41) is 20.8. The maximum absolute atomic E-state index is 10.6. The topological polar surface area (TPSA) is 75.1 Å². The molecule has 0 aliphatic carbocycles. The molecule has 5 nitrogen and oxygen atoms in total. The van der Waals surface area contributed by atoms with Gasteiger partial charge in [0.05, 0.1) is 0 Å². The predicted molar refractivity (Wildman–Crippen MR) is 59.3 cm³/mol. The summed E-state index contributed by atoms with van der Waals surface area (Å²) < 4.78 is 0. The Morgan fingerprint density at radius 1 is 1.47 bits per heavy atom. The van der Waals surface area contributed by atoms with E-state index in [1.165, 1.54) is 11.3 Å². The molecule has 0 amide bonds. The molecule has 6 heteroatoms. The van der Waals surface area contributed by atoms with Crippen LogP contribution in [0.5, 0.6) is 0 Å². The highest BCUT2D eigenvalue weighted by atomic mass is 32.1. The van der Waals surface area contributed by atoms with Crippen molar-refractivity contribution in [3.8, 4) is 0 Å². The molecule has 1 aromatic rings. The highest BCUT2D eigenvalue weighted by Crippen LogP contribution is 2.27. The maximum Gasteiger partial charge on any atom is 0.325 e. The molecular weight excluding hydrogens is 214 g/mol. The Morgan fingerprint density at radius 2 is 2.07 bits per heavy atom. The van der Waals surface area contributed by atoms with E-state index in [4.69, 9.17) is 5.11 Å². The summed E-state index contributed by atoms with van der Waals surface area (Å²) in [6, 6.07) is -0.647. The molecule has 1 heterocycles. The van der Waals surface area contributed by atoms with E-state index in [1.807, 2.05) is 20.8 Å². The second kappa shape index (κ2) is 4.14. The van der Waals surface area contributed by atoms with Gasteiger partial charge in [0.1, 0.15) is 11.0 Å². The Kier molecular flexibility index (Phi) is 3.28. The van der Waals surface area contributed by atoms with Crippen LogP contribution in [0.1, 0.15) is 32.7 Å². The smallest absolute Gasteiger partial charge is 0.325 e. The monoisotopic (exact) mass is 229 g/mol. The number of carboxylic acids is 1. The molecular formula is C9H15N3O2S. The van der Waals surface area contributed by atoms with Crippen LogP contribution >= 0.6 is 11.3 Å². The fourth-order valence-electron chi connectivity index (χ4n) is 0.832. The first-order valence-electron chi connectivity index (χ1n) is 4.64. The quantitative estimate of drug-likeness (QED) is 0.825. The molecule has 0 aromatic carbocycles. The fourth-order valence-corrected chi connectivity index (χ4v) is 1.72. The molecule has 0 fully saturated rings. The number of carboxylic acid groups (broad SMARTS) is 1. The Bertz CT molecular complexity index is 356. The minimum Gasteiger partial charge on any atom is -0.480 e. The normalized spacial score (nSPS) is 13.6. The van der Waals surface area contributed by atoms with E-state index in [0.717, 1.165) is 5.01 Å². The SMILES string of the molecule is CC(Nc1nnc(C(C)(C)C)s1)C(=O)O. The molecule has 0 spiro atoms. The zero-order chi connectivity index (χ0) is 11.6. The van der Waals surface area contributed by atoms with Gasteiger partial charge in [0, 0.05) is 5.41 Å². The van der Waals surface area contributed by atoms with Crippen molar-refractivity contribution in [2.24, 2.45) is 0 Å². The lowest BCUT2D eigenvalue weighted by atomic mass is 9.98. The van der Waals surface area contributed by atoms with Crippen molar-refractivity contribution in [2.45, 2.75) is 39.2 Å². The number of nitrogens with zero attached hydrogens (tertiary/aromatic N) is 2. The molecule has 2 N–H and O–H groups in total. The highest BCUT2D eigenvalue weighted by Gasteiger charge is 2.20. The number of hydrogen-bond donors (Lipinski definition) is 2. The van der Waals surface area contributed by atoms with Crippen molar-refractivity contribution in [2.75, 3.05) is 5.32 Å². The summed E-state index contributed by atoms with van der Waals surface area (Å²) in [5.41, 5.74) is -0.0515. The van der Waals surface area contributed by atoms with E-state index in [0.29, 0.717) is 5.13 Å². The molecule has 1 rings (SSSR count). The van der Waals surface area contributed by atoms with Gasteiger partial charge in [-0.05, 0) is 6.92 Å². The standard InChI is InChI=1S/C9H15N3O2S/c1-5(6(13)14)10-8-12-11-7(15-8)9(2,3)4/h5H,1-4H3,(H,10,12)(H,13,14). The first-order chi connectivity index (χ1) is 6.80. The summed E-state index contributed by atoms with van der Waals surface area (Å²) in [6.07, 6.45) is 0. The van der Waals surface area contributed by atoms with Gasteiger partial charge in [-0.2, -0.15) is 0 Å². The second-order valence-electron chi connectivity index (χ2n) is 4.37. The molecule has 15 heavy (non-hydrogen) atoms. The number of hydrogen-bond acceptors (Lipinski definition) is 5. The third-order valence-corrected chi connectivity index (χ3v) is 3.06. The predicted octanol–water partition coefficient (Wildman–Crippen LogP) is 1.72. The van der Waals surface area contributed by atoms with Gasteiger partial charge < -0.3 is 10.4 Å². The molecule has 0 aliphatic rings. The van der Waals surface area contributed by atoms with Crippen molar-refractivity contribution < 1.29 is 9.90 Å². The number of aromatic nitrogens is 2. The average molecular weight is 229 g/mol. The van der Waals surface area contributed by atoms with Crippen LogP contribution in [-0.4, -0.2) is 27.3 Å². The number of rotatable bonds is 3. The van der Waals surface area contributed by atoms with Gasteiger partial charge >= 0.3 is 5.97 Å². The van der Waals surface area contributed by atoms with Crippen LogP contribution in [0.25, 0.3) is 0 Å². The molecule has 1 atom stereocenters. The lowest BCUT2D eigenvalue weighted by Gasteiger charge is -2.12. The van der Waals surface area contributed by atoms with Crippen LogP contribution in [-0.2, 0) is 10.2 Å². The Balaban J connectivity index is 2.73. The summed E-state index contributed by atoms with van der Waals surface area (Å²) in [5.74, 6) is -0.900. The van der Waals surface area contributed by atoms with E-state index in [9.17, 15) is 4.79 Å². The highest BCUT2D eigenvalue weighted by molar-refractivity contribution is 7.15. The van der Waals surface area contributed by atoms with Crippen molar-refractivity contribution in [1.29, 1.82) is 0 Å². The van der Waals surface area contributed by atoms with Crippen LogP contribution in [0.2, 0.25) is 0 Å². The van der Waals surface area contributed by atoms with E-state index < -0.39 is 12.0 Å². The molecule has 0 radical (unpaired) electrons. The third-order valence-electron chi connectivity index (χ3n) is 1.78. The Labute approximate surface area is 92.5 Å². The second-order valence-corrected chi connectivity index (χ2v) is 5.34. The summed E-state index contributed by atoms with van der Waals surface area (Å²) in [6.45, 7) is 7.69. The van der Waals surface area contributed by atoms with Gasteiger partial charge in [-0.15, -0.1) is 10.2 Å². The van der Waals surface area contributed by atoms with Gasteiger partial charge in [0.25, 0.3) is 0 Å². The average Bonchev–Trinajstić information content (AvgIpc) is 2.51. The summed E-state index contributed by atoms with van der Waals surface area (Å²) >= 11 is 1.39. The van der Waals surface area contributed by atoms with E-state index >= 15 is 0 Å². The van der Waals surface area contributed by atoms with Crippen LogP contribution < -0.4 is 5.32 Å². The molecule has 0 saturated carbocycles. The van der Waals surface area contributed by atoms with Crippen molar-refractivity contribution in [3.63, 3.8) is 0 Å². The van der Waals surface area contributed by atoms with E-state index in [2.05, 4.69) is 15.5 Å². The zero-order valence-corrected chi connectivity index (χ0v) is 10.1. The molecule has 84 valence electrons. The van der Waals surface area contributed by atoms with Crippen LogP contribution in [0.15, 0.2) is 0 Å². The van der Waals surface area contributed by atoms with Crippen LogP contribution in [0, 0.1) is 0 Å². The number of aliphatic carboxylic acids is 1. The van der Waals surface area contributed by atoms with Crippen molar-refractivity contribution in [3.05, 3.63) is 5.01 Å². The molecule has 0 bridgehead atoms. The summed E-state index contributed by atoms with van der Waals surface area (Å²) in [4.78, 5) is 10.6. The number of nitrogens with one attached hydrogen (secondary N) is 1. The Morgan fingerprint density at radius 3 is 2.47 bits per heavy atom. The first-order valence-corrected chi connectivity index (χ1v) is 5.45. The fraction of sp³-hybridized carbons (Fsp3) is 0.667. The van der Waals surface area contributed by atoms with E-state index in [-0.39, 0.29) is 5.41 Å². The summed E-state index contributed by atoms with van der Waals surface area (Å²) in [7, 11) is 0. The van der Waals surface area contributed by atoms with Gasteiger partial charge in [0.2, 0.25) is 5.13 Å². The molecule has 1 aromatic heterocycles. The van der Waals surface area contributed by atoms with Gasteiger partial charge in [-0.25, -0.2) is 0 Å². The number of carbonyl (C=O) groups is 1. The van der Waals surface area contributed by atoms with Gasteiger partial charge in [0.15, 0.2) is 0 Å². The van der Waals surface area contributed by atoms with Crippen LogP contribution in [0.4, 0.5) is 5.13 Å². The van der Waals surface area contributed by atoms with Crippen LogP contribution in [0.3, 0.4) is 0 Å². The van der Waals surface area contributed by atoms with E-state index in [1.54, 1.807) is 6.92 Å². The first kappa shape index (κ1) is 11.9. The largest absolute Gasteiger partial charge is 0.480 e. The van der Waals surface area contributed by atoms with Crippen molar-refractivity contribution in [1.82, 2.24) is 10.2 Å². The van der Waals surface area contributed by atoms with Gasteiger partial charge in [-0.1, -0.05) is 32.1 Å². The maximum atomic E-state index is 10.6. The molecule has 1 unspecified atom stereocenters.